The summed E-state index contributed by atoms with van der Waals surface area (Å²) in [5, 5.41) is 0. The quantitative estimate of drug-likeness (QED) is 0.750. The van der Waals surface area contributed by atoms with E-state index < -0.39 is 0 Å². The minimum Gasteiger partial charge on any atom is -0.450 e. The van der Waals surface area contributed by atoms with E-state index in [1.54, 1.807) is 11.8 Å². The third-order valence-corrected chi connectivity index (χ3v) is 4.62. The molecule has 1 saturated heterocycles. The molecule has 5 heteroatoms. The van der Waals surface area contributed by atoms with E-state index in [-0.39, 0.29) is 29.8 Å². The van der Waals surface area contributed by atoms with Crippen molar-refractivity contribution in [2.75, 3.05) is 12.5 Å². The number of likely N-dealkylation sites (tertiary alicyclic amines) is 1. The average Bonchev–Trinajstić information content (AvgIpc) is 2.45. The number of hydrogen-bond donors (Lipinski definition) is 0. The second-order valence-electron chi connectivity index (χ2n) is 5.41. The van der Waals surface area contributed by atoms with Gasteiger partial charge in [-0.05, 0) is 38.5 Å². The van der Waals surface area contributed by atoms with Gasteiger partial charge in [-0.2, -0.15) is 0 Å². The smallest absolute Gasteiger partial charge is 0.410 e. The molecule has 0 radical (unpaired) electrons. The van der Waals surface area contributed by atoms with Crippen LogP contribution >= 0.6 is 11.6 Å². The van der Waals surface area contributed by atoms with Gasteiger partial charge in [0.05, 0.1) is 18.5 Å². The molecule has 1 heterocycles. The molecule has 3 atom stereocenters. The van der Waals surface area contributed by atoms with Crippen molar-refractivity contribution in [3.63, 3.8) is 0 Å². The maximum atomic E-state index is 12.2. The molecule has 3 unspecified atom stereocenters. The monoisotopic (exact) mass is 287 g/mol. The fraction of sp³-hybridized carbons (Fsp3) is 0.857. The third kappa shape index (κ3) is 3.04. The molecule has 2 rings (SSSR count). The molecular formula is C14H22ClNO3. The van der Waals surface area contributed by atoms with Gasteiger partial charge in [0, 0.05) is 6.04 Å². The van der Waals surface area contributed by atoms with Crippen LogP contribution in [0.2, 0.25) is 0 Å². The van der Waals surface area contributed by atoms with Crippen LogP contribution in [-0.4, -0.2) is 41.3 Å². The summed E-state index contributed by atoms with van der Waals surface area (Å²) >= 11 is 5.68. The zero-order valence-electron chi connectivity index (χ0n) is 11.4. The van der Waals surface area contributed by atoms with E-state index in [9.17, 15) is 9.59 Å². The van der Waals surface area contributed by atoms with E-state index >= 15 is 0 Å². The second-order valence-corrected chi connectivity index (χ2v) is 5.68. The highest BCUT2D eigenvalue weighted by Crippen LogP contribution is 2.38. The lowest BCUT2D eigenvalue weighted by Gasteiger charge is -2.47. The Kier molecular flexibility index (Phi) is 5.08. The number of nitrogens with zero attached hydrogens (tertiary/aromatic N) is 1. The zero-order chi connectivity index (χ0) is 13.8. The van der Waals surface area contributed by atoms with Crippen molar-refractivity contribution < 1.29 is 14.3 Å². The van der Waals surface area contributed by atoms with Crippen molar-refractivity contribution >= 4 is 23.5 Å². The molecule has 4 nitrogen and oxygen atoms in total. The molecule has 1 amide bonds. The van der Waals surface area contributed by atoms with Gasteiger partial charge in [-0.3, -0.25) is 9.69 Å². The Hall–Kier alpha value is -0.770. The van der Waals surface area contributed by atoms with E-state index in [2.05, 4.69) is 0 Å². The molecule has 1 saturated carbocycles. The normalized spacial score (nSPS) is 30.6. The van der Waals surface area contributed by atoms with Crippen molar-refractivity contribution in [3.8, 4) is 0 Å². The predicted molar refractivity (Wildman–Crippen MR) is 73.4 cm³/mol. The molecule has 2 fully saturated rings. The summed E-state index contributed by atoms with van der Waals surface area (Å²) in [4.78, 5) is 25.9. The van der Waals surface area contributed by atoms with Crippen molar-refractivity contribution in [1.82, 2.24) is 4.90 Å². The van der Waals surface area contributed by atoms with Crippen LogP contribution in [0.3, 0.4) is 0 Å². The molecule has 0 N–H and O–H groups in total. The zero-order valence-corrected chi connectivity index (χ0v) is 12.2. The highest BCUT2D eigenvalue weighted by Gasteiger charge is 2.43. The average molecular weight is 288 g/mol. The van der Waals surface area contributed by atoms with Gasteiger partial charge in [0.2, 0.25) is 0 Å². The number of fused-ring (bicyclic) bond motifs is 1. The Morgan fingerprint density at radius 3 is 2.63 bits per heavy atom. The van der Waals surface area contributed by atoms with Gasteiger partial charge < -0.3 is 4.74 Å². The van der Waals surface area contributed by atoms with E-state index in [0.29, 0.717) is 12.5 Å². The number of ketones is 1. The summed E-state index contributed by atoms with van der Waals surface area (Å²) in [7, 11) is 0. The summed E-state index contributed by atoms with van der Waals surface area (Å²) in [6.45, 7) is 2.13. The van der Waals surface area contributed by atoms with Crippen LogP contribution in [-0.2, 0) is 9.53 Å². The highest BCUT2D eigenvalue weighted by molar-refractivity contribution is 6.28. The maximum Gasteiger partial charge on any atom is 0.410 e. The number of hydrogen-bond acceptors (Lipinski definition) is 3. The SMILES string of the molecule is CCOC(=O)N1C(C(=O)CCl)CCC2CCCCC21. The van der Waals surface area contributed by atoms with Crippen molar-refractivity contribution in [1.29, 1.82) is 0 Å². The van der Waals surface area contributed by atoms with Crippen LogP contribution in [0.4, 0.5) is 4.79 Å². The fourth-order valence-electron chi connectivity index (χ4n) is 3.50. The topological polar surface area (TPSA) is 46.6 Å². The summed E-state index contributed by atoms with van der Waals surface area (Å²) < 4.78 is 5.15. The lowest BCUT2D eigenvalue weighted by atomic mass is 9.76. The van der Waals surface area contributed by atoms with Crippen LogP contribution < -0.4 is 0 Å². The van der Waals surface area contributed by atoms with E-state index in [0.717, 1.165) is 32.1 Å². The van der Waals surface area contributed by atoms with Gasteiger partial charge >= 0.3 is 6.09 Å². The Morgan fingerprint density at radius 2 is 1.95 bits per heavy atom. The van der Waals surface area contributed by atoms with E-state index in [4.69, 9.17) is 16.3 Å². The van der Waals surface area contributed by atoms with Crippen molar-refractivity contribution in [3.05, 3.63) is 0 Å². The molecule has 1 aliphatic heterocycles. The molecule has 2 aliphatic rings. The van der Waals surface area contributed by atoms with Crippen LogP contribution in [0, 0.1) is 5.92 Å². The van der Waals surface area contributed by atoms with Crippen LogP contribution in [0.1, 0.15) is 45.4 Å². The number of rotatable bonds is 3. The first-order chi connectivity index (χ1) is 9.19. The molecule has 0 aromatic rings. The lowest BCUT2D eigenvalue weighted by Crippen LogP contribution is -2.57. The Bertz CT molecular complexity index is 348. The maximum absolute atomic E-state index is 12.2. The first-order valence-corrected chi connectivity index (χ1v) is 7.76. The van der Waals surface area contributed by atoms with Crippen LogP contribution in [0.5, 0.6) is 0 Å². The molecule has 1 aliphatic carbocycles. The largest absolute Gasteiger partial charge is 0.450 e. The van der Waals surface area contributed by atoms with Gasteiger partial charge in [0.25, 0.3) is 0 Å². The summed E-state index contributed by atoms with van der Waals surface area (Å²) in [6, 6.07) is -0.213. The molecule has 0 bridgehead atoms. The number of piperidine rings is 1. The van der Waals surface area contributed by atoms with Gasteiger partial charge in [-0.15, -0.1) is 11.6 Å². The number of Topliss-reactive ketones (excluding diaryl/α,β-unsaturated/α-hetero) is 1. The number of carbonyl (C=O) groups is 2. The molecule has 0 aromatic carbocycles. The van der Waals surface area contributed by atoms with Crippen molar-refractivity contribution in [2.24, 2.45) is 5.92 Å². The first-order valence-electron chi connectivity index (χ1n) is 7.22. The van der Waals surface area contributed by atoms with Gasteiger partial charge in [0.1, 0.15) is 0 Å². The minimum atomic E-state index is -0.379. The fourth-order valence-corrected chi connectivity index (χ4v) is 3.68. The molecule has 0 spiro atoms. The number of halogens is 1. The minimum absolute atomic E-state index is 0.0298. The number of alkyl halides is 1. The number of amides is 1. The first kappa shape index (κ1) is 14.6. The van der Waals surface area contributed by atoms with E-state index in [1.807, 2.05) is 0 Å². The Balaban J connectivity index is 2.19. The molecule has 108 valence electrons. The lowest BCUT2D eigenvalue weighted by molar-refractivity contribution is -0.125. The van der Waals surface area contributed by atoms with E-state index in [1.165, 1.54) is 6.42 Å². The van der Waals surface area contributed by atoms with Gasteiger partial charge in [0.15, 0.2) is 5.78 Å². The molecule has 19 heavy (non-hydrogen) atoms. The Morgan fingerprint density at radius 1 is 1.21 bits per heavy atom. The van der Waals surface area contributed by atoms with Gasteiger partial charge in [-0.25, -0.2) is 4.79 Å². The van der Waals surface area contributed by atoms with Crippen LogP contribution in [0.25, 0.3) is 0 Å². The number of carbonyl (C=O) groups excluding carboxylic acids is 2. The second kappa shape index (κ2) is 6.60. The number of ether oxygens (including phenoxy) is 1. The summed E-state index contributed by atoms with van der Waals surface area (Å²) in [6.07, 6.45) is 5.89. The molecule has 0 aromatic heterocycles. The standard InChI is InChI=1S/C14H22ClNO3/c1-2-19-14(18)16-11-6-4-3-5-10(11)7-8-12(16)13(17)9-15/h10-12H,2-9H2,1H3. The van der Waals surface area contributed by atoms with Gasteiger partial charge in [-0.1, -0.05) is 12.8 Å². The molecular weight excluding hydrogens is 266 g/mol. The third-order valence-electron chi connectivity index (χ3n) is 4.35. The summed E-state index contributed by atoms with van der Waals surface area (Å²) in [5.74, 6) is 0.439. The highest BCUT2D eigenvalue weighted by atomic mass is 35.5. The van der Waals surface area contributed by atoms with Crippen molar-refractivity contribution in [2.45, 2.75) is 57.5 Å². The Labute approximate surface area is 119 Å². The van der Waals surface area contributed by atoms with Crippen LogP contribution in [0.15, 0.2) is 0 Å². The summed E-state index contributed by atoms with van der Waals surface area (Å²) in [5.41, 5.74) is 0. The predicted octanol–water partition coefficient (Wildman–Crippen LogP) is 2.97.